The van der Waals surface area contributed by atoms with Gasteiger partial charge < -0.3 is 20.0 Å². The van der Waals surface area contributed by atoms with E-state index in [2.05, 4.69) is 26.0 Å². The van der Waals surface area contributed by atoms with Crippen molar-refractivity contribution in [1.29, 1.82) is 0 Å². The molecule has 2 aromatic carbocycles. The van der Waals surface area contributed by atoms with Gasteiger partial charge in [-0.3, -0.25) is 14.4 Å². The topological polar surface area (TPSA) is 137 Å². The molecule has 0 bridgehead atoms. The zero-order chi connectivity index (χ0) is 30.1. The Kier molecular flexibility index (Phi) is 8.32. The number of aryl methyl sites for hydroxylation is 1. The molecular formula is C25H19BrF5N5O5. The van der Waals surface area contributed by atoms with Crippen LogP contribution in [0.1, 0.15) is 33.6 Å². The smallest absolute Gasteiger partial charge is 0.416 e. The van der Waals surface area contributed by atoms with E-state index in [0.29, 0.717) is 5.69 Å². The first-order valence-corrected chi connectivity index (χ1v) is 12.3. The first-order chi connectivity index (χ1) is 19.3. The number of carboxylic acid groups (broad SMARTS) is 1. The van der Waals surface area contributed by atoms with Crippen molar-refractivity contribution < 1.29 is 45.8 Å². The Hall–Kier alpha value is -4.47. The van der Waals surface area contributed by atoms with Gasteiger partial charge >= 0.3 is 12.3 Å². The third-order valence-electron chi connectivity index (χ3n) is 5.87. The standard InChI is InChI=1S/C25H19BrF5N5O5/c1-35-14(8-9-33-35)10-36(24(38)39)11-17(40-16-7-6-15(27)18(19(16)28)22(32)37)23-34-20(21(26)41-23)12-2-4-13(5-3-12)25(29,30)31/h2-9,17H,10-11H2,1H3,(H2,32,37)(H,38,39). The van der Waals surface area contributed by atoms with Gasteiger partial charge in [-0.25, -0.2) is 18.6 Å². The Morgan fingerprint density at radius 1 is 1.17 bits per heavy atom. The van der Waals surface area contributed by atoms with E-state index in [1.165, 1.54) is 10.9 Å². The van der Waals surface area contributed by atoms with Crippen molar-refractivity contribution in [2.24, 2.45) is 12.8 Å². The van der Waals surface area contributed by atoms with Gasteiger partial charge in [0.15, 0.2) is 22.3 Å². The van der Waals surface area contributed by atoms with E-state index in [1.54, 1.807) is 13.1 Å². The molecule has 0 fully saturated rings. The lowest BCUT2D eigenvalue weighted by Crippen LogP contribution is -2.35. The number of aromatic nitrogens is 3. The van der Waals surface area contributed by atoms with Crippen LogP contribution in [0.5, 0.6) is 5.75 Å². The highest BCUT2D eigenvalue weighted by molar-refractivity contribution is 9.10. The second-order valence-corrected chi connectivity index (χ2v) is 9.28. The molecule has 1 atom stereocenters. The Labute approximate surface area is 236 Å². The molecule has 0 saturated carbocycles. The lowest BCUT2D eigenvalue weighted by molar-refractivity contribution is -0.137. The van der Waals surface area contributed by atoms with Gasteiger partial charge in [0.2, 0.25) is 5.89 Å². The van der Waals surface area contributed by atoms with E-state index in [4.69, 9.17) is 14.9 Å². The van der Waals surface area contributed by atoms with Crippen molar-refractivity contribution in [3.05, 3.63) is 87.7 Å². The molecule has 0 radical (unpaired) electrons. The van der Waals surface area contributed by atoms with Crippen LogP contribution in [0.4, 0.5) is 26.7 Å². The van der Waals surface area contributed by atoms with E-state index in [0.717, 1.165) is 41.3 Å². The van der Waals surface area contributed by atoms with Crippen LogP contribution in [0.2, 0.25) is 0 Å². The molecule has 2 amide bonds. The molecule has 0 aliphatic heterocycles. The molecular weight excluding hydrogens is 625 g/mol. The van der Waals surface area contributed by atoms with Crippen LogP contribution >= 0.6 is 15.9 Å². The highest BCUT2D eigenvalue weighted by Crippen LogP contribution is 2.36. The molecule has 0 aliphatic carbocycles. The van der Waals surface area contributed by atoms with Gasteiger partial charge in [0.05, 0.1) is 24.3 Å². The Bertz CT molecular complexity index is 1590. The minimum Gasteiger partial charge on any atom is -0.476 e. The van der Waals surface area contributed by atoms with Crippen LogP contribution in [0.3, 0.4) is 0 Å². The zero-order valence-electron chi connectivity index (χ0n) is 20.8. The molecule has 0 aliphatic rings. The third-order valence-corrected chi connectivity index (χ3v) is 6.40. The highest BCUT2D eigenvalue weighted by atomic mass is 79.9. The van der Waals surface area contributed by atoms with Gasteiger partial charge in [-0.2, -0.15) is 18.3 Å². The molecule has 4 rings (SSSR count). The molecule has 2 heterocycles. The number of benzene rings is 2. The summed E-state index contributed by atoms with van der Waals surface area (Å²) in [7, 11) is 1.59. The second kappa shape index (κ2) is 11.6. The van der Waals surface area contributed by atoms with Gasteiger partial charge in [0.25, 0.3) is 5.91 Å². The summed E-state index contributed by atoms with van der Waals surface area (Å²) in [6, 6.07) is 7.14. The summed E-state index contributed by atoms with van der Waals surface area (Å²) in [5, 5.41) is 13.8. The van der Waals surface area contributed by atoms with Crippen LogP contribution in [-0.2, 0) is 19.8 Å². The van der Waals surface area contributed by atoms with E-state index >= 15 is 4.39 Å². The quantitative estimate of drug-likeness (QED) is 0.229. The van der Waals surface area contributed by atoms with E-state index in [9.17, 15) is 32.3 Å². The van der Waals surface area contributed by atoms with Crippen LogP contribution in [-0.4, -0.2) is 43.3 Å². The maximum atomic E-state index is 15.0. The molecule has 41 heavy (non-hydrogen) atoms. The number of hydrogen-bond acceptors (Lipinski definition) is 6. The largest absolute Gasteiger partial charge is 0.476 e. The SMILES string of the molecule is Cn1nccc1CN(CC(Oc1ccc(F)c(C(N)=O)c1F)c1nc(-c2ccc(C(F)(F)F)cc2)c(Br)o1)C(=O)O. The van der Waals surface area contributed by atoms with Crippen LogP contribution < -0.4 is 10.5 Å². The van der Waals surface area contributed by atoms with Gasteiger partial charge in [0, 0.05) is 18.8 Å². The molecule has 16 heteroatoms. The van der Waals surface area contributed by atoms with Gasteiger partial charge in [-0.1, -0.05) is 12.1 Å². The van der Waals surface area contributed by atoms with Crippen molar-refractivity contribution >= 4 is 27.9 Å². The number of rotatable bonds is 9. The number of primary amides is 1. The number of oxazole rings is 1. The number of alkyl halides is 3. The van der Waals surface area contributed by atoms with Gasteiger partial charge in [0.1, 0.15) is 17.1 Å². The average molecular weight is 644 g/mol. The number of halogens is 6. The first-order valence-electron chi connectivity index (χ1n) is 11.5. The fraction of sp³-hybridized carbons (Fsp3) is 0.200. The summed E-state index contributed by atoms with van der Waals surface area (Å²) in [5.74, 6) is -5.07. The zero-order valence-corrected chi connectivity index (χ0v) is 22.4. The highest BCUT2D eigenvalue weighted by Gasteiger charge is 2.32. The normalized spacial score (nSPS) is 12.3. The fourth-order valence-electron chi connectivity index (χ4n) is 3.78. The summed E-state index contributed by atoms with van der Waals surface area (Å²) in [4.78, 5) is 28.9. The number of nitrogens with two attached hydrogens (primary N) is 1. The predicted octanol–water partition coefficient (Wildman–Crippen LogP) is 5.53. The molecule has 2 aromatic heterocycles. The van der Waals surface area contributed by atoms with Crippen molar-refractivity contribution in [3.63, 3.8) is 0 Å². The molecule has 4 aromatic rings. The number of carbonyl (C=O) groups excluding carboxylic acids is 1. The van der Waals surface area contributed by atoms with Crippen molar-refractivity contribution in [2.45, 2.75) is 18.8 Å². The molecule has 3 N–H and O–H groups in total. The fourth-order valence-corrected chi connectivity index (χ4v) is 4.27. The first kappa shape index (κ1) is 29.5. The average Bonchev–Trinajstić information content (AvgIpc) is 3.48. The predicted molar refractivity (Wildman–Crippen MR) is 135 cm³/mol. The van der Waals surface area contributed by atoms with E-state index in [-0.39, 0.29) is 28.4 Å². The number of hydrogen-bond donors (Lipinski definition) is 2. The summed E-state index contributed by atoms with van der Waals surface area (Å²) in [5.41, 5.74) is 3.83. The van der Waals surface area contributed by atoms with Crippen LogP contribution in [0.15, 0.2) is 57.7 Å². The third kappa shape index (κ3) is 6.48. The molecule has 10 nitrogen and oxygen atoms in total. The lowest BCUT2D eigenvalue weighted by atomic mass is 10.1. The van der Waals surface area contributed by atoms with Crippen molar-refractivity contribution in [2.75, 3.05) is 6.54 Å². The Morgan fingerprint density at radius 3 is 2.41 bits per heavy atom. The Balaban J connectivity index is 1.74. The number of ether oxygens (including phenoxy) is 1. The van der Waals surface area contributed by atoms with Crippen molar-refractivity contribution in [1.82, 2.24) is 19.7 Å². The molecule has 1 unspecified atom stereocenters. The van der Waals surface area contributed by atoms with E-state index < -0.39 is 59.3 Å². The molecule has 0 spiro atoms. The minimum atomic E-state index is -4.57. The maximum Gasteiger partial charge on any atom is 0.416 e. The number of nitrogens with zero attached hydrogens (tertiary/aromatic N) is 4. The Morgan fingerprint density at radius 2 is 1.85 bits per heavy atom. The second-order valence-electron chi connectivity index (χ2n) is 8.56. The number of carbonyl (C=O) groups is 2. The summed E-state index contributed by atoms with van der Waals surface area (Å²) in [6.45, 7) is -0.722. The monoisotopic (exact) mass is 643 g/mol. The summed E-state index contributed by atoms with van der Waals surface area (Å²) >= 11 is 3.14. The molecule has 0 saturated heterocycles. The molecule has 216 valence electrons. The van der Waals surface area contributed by atoms with Crippen LogP contribution in [0, 0.1) is 11.6 Å². The minimum absolute atomic E-state index is 0.0354. The maximum absolute atomic E-state index is 15.0. The van der Waals surface area contributed by atoms with E-state index in [1.807, 2.05) is 0 Å². The van der Waals surface area contributed by atoms with Crippen LogP contribution in [0.25, 0.3) is 11.3 Å². The van der Waals surface area contributed by atoms with Gasteiger partial charge in [-0.05, 0) is 46.3 Å². The summed E-state index contributed by atoms with van der Waals surface area (Å²) < 4.78 is 80.8. The van der Waals surface area contributed by atoms with Gasteiger partial charge in [-0.15, -0.1) is 0 Å². The van der Waals surface area contributed by atoms with Crippen molar-refractivity contribution in [3.8, 4) is 17.0 Å². The number of amides is 2. The lowest BCUT2D eigenvalue weighted by Gasteiger charge is -2.24. The summed E-state index contributed by atoms with van der Waals surface area (Å²) in [6.07, 6.45) is -6.03.